The van der Waals surface area contributed by atoms with E-state index in [4.69, 9.17) is 11.6 Å². The first-order valence-electron chi connectivity index (χ1n) is 5.61. The van der Waals surface area contributed by atoms with E-state index in [0.717, 1.165) is 16.7 Å². The Kier molecular flexibility index (Phi) is 2.35. The summed E-state index contributed by atoms with van der Waals surface area (Å²) in [6.45, 7) is 0. The van der Waals surface area contributed by atoms with Gasteiger partial charge in [0.05, 0.1) is 0 Å². The number of allylic oxidation sites excluding steroid dienone is 2. The van der Waals surface area contributed by atoms with Crippen molar-refractivity contribution in [3.63, 3.8) is 0 Å². The summed E-state index contributed by atoms with van der Waals surface area (Å²) in [7, 11) is 0. The van der Waals surface area contributed by atoms with Gasteiger partial charge in [-0.2, -0.15) is 0 Å². The summed E-state index contributed by atoms with van der Waals surface area (Å²) >= 11 is 6.53. The summed E-state index contributed by atoms with van der Waals surface area (Å²) in [4.78, 5) is -0.579. The highest BCUT2D eigenvalue weighted by molar-refractivity contribution is 6.37. The first-order valence-corrected chi connectivity index (χ1v) is 5.98. The lowest BCUT2D eigenvalue weighted by molar-refractivity contribution is 0.474. The Hall–Kier alpha value is -1.93. The number of hydrogen-bond donors (Lipinski definition) is 2. The van der Waals surface area contributed by atoms with Crippen LogP contribution < -0.4 is 0 Å². The van der Waals surface area contributed by atoms with E-state index >= 15 is 0 Å². The quantitative estimate of drug-likeness (QED) is 0.808. The fourth-order valence-electron chi connectivity index (χ4n) is 2.04. The Balaban J connectivity index is 1.89. The Morgan fingerprint density at radius 2 is 1.28 bits per heavy atom. The smallest absolute Gasteiger partial charge is 0.115 e. The van der Waals surface area contributed by atoms with Crippen LogP contribution in [0.4, 0.5) is 0 Å². The molecule has 3 rings (SSSR count). The molecule has 1 unspecified atom stereocenters. The molecule has 0 heterocycles. The van der Waals surface area contributed by atoms with Gasteiger partial charge in [-0.3, -0.25) is 0 Å². The monoisotopic (exact) mass is 258 g/mol. The Labute approximate surface area is 110 Å². The largest absolute Gasteiger partial charge is 0.508 e. The number of phenolic OH excluding ortho intramolecular Hbond substituents is 2. The molecule has 0 fully saturated rings. The lowest BCUT2D eigenvalue weighted by atomic mass is 10.0. The average molecular weight is 259 g/mol. The molecule has 0 spiro atoms. The SMILES string of the molecule is Oc1ccc(C2=CC2(Cl)c2ccc(O)cc2)cc1. The van der Waals surface area contributed by atoms with Crippen molar-refractivity contribution >= 4 is 17.2 Å². The van der Waals surface area contributed by atoms with Gasteiger partial charge in [0.15, 0.2) is 0 Å². The van der Waals surface area contributed by atoms with Gasteiger partial charge in [0, 0.05) is 0 Å². The number of aromatic hydroxyl groups is 2. The molecule has 0 saturated carbocycles. The van der Waals surface area contributed by atoms with Crippen molar-refractivity contribution in [3.8, 4) is 11.5 Å². The first-order chi connectivity index (χ1) is 8.59. The Bertz CT molecular complexity index is 614. The lowest BCUT2D eigenvalue weighted by Crippen LogP contribution is -2.01. The molecule has 90 valence electrons. The van der Waals surface area contributed by atoms with Crippen LogP contribution in [-0.4, -0.2) is 10.2 Å². The molecular weight excluding hydrogens is 248 g/mol. The molecule has 1 aliphatic rings. The van der Waals surface area contributed by atoms with Crippen LogP contribution >= 0.6 is 11.6 Å². The highest BCUT2D eigenvalue weighted by Crippen LogP contribution is 2.56. The van der Waals surface area contributed by atoms with Gasteiger partial charge < -0.3 is 10.2 Å². The van der Waals surface area contributed by atoms with Gasteiger partial charge in [-0.05, 0) is 47.0 Å². The summed E-state index contributed by atoms with van der Waals surface area (Å²) in [6, 6.07) is 13.8. The van der Waals surface area contributed by atoms with E-state index in [1.54, 1.807) is 24.3 Å². The van der Waals surface area contributed by atoms with E-state index in [9.17, 15) is 10.2 Å². The second-order valence-electron chi connectivity index (χ2n) is 4.36. The van der Waals surface area contributed by atoms with Gasteiger partial charge in [0.25, 0.3) is 0 Å². The predicted octanol–water partition coefficient (Wildman–Crippen LogP) is 3.63. The van der Waals surface area contributed by atoms with E-state index < -0.39 is 4.87 Å². The number of phenols is 2. The van der Waals surface area contributed by atoms with Gasteiger partial charge in [-0.25, -0.2) is 0 Å². The predicted molar refractivity (Wildman–Crippen MR) is 71.7 cm³/mol. The summed E-state index contributed by atoms with van der Waals surface area (Å²) in [5.74, 6) is 0.468. The highest BCUT2D eigenvalue weighted by Gasteiger charge is 2.44. The van der Waals surface area contributed by atoms with Crippen LogP contribution in [0, 0.1) is 0 Å². The van der Waals surface area contributed by atoms with E-state index in [0.29, 0.717) is 0 Å². The van der Waals surface area contributed by atoms with Crippen LogP contribution in [0.5, 0.6) is 11.5 Å². The molecule has 0 bridgehead atoms. The third kappa shape index (κ3) is 1.75. The van der Waals surface area contributed by atoms with E-state index in [1.807, 2.05) is 30.3 Å². The molecule has 18 heavy (non-hydrogen) atoms. The normalized spacial score (nSPS) is 21.5. The molecule has 0 amide bonds. The van der Waals surface area contributed by atoms with Crippen molar-refractivity contribution < 1.29 is 10.2 Å². The molecule has 0 aliphatic heterocycles. The number of hydrogen-bond acceptors (Lipinski definition) is 2. The third-order valence-electron chi connectivity index (χ3n) is 3.12. The van der Waals surface area contributed by atoms with Crippen LogP contribution in [-0.2, 0) is 4.87 Å². The van der Waals surface area contributed by atoms with Gasteiger partial charge in [-0.15, -0.1) is 11.6 Å². The Morgan fingerprint density at radius 1 is 0.778 bits per heavy atom. The molecule has 0 radical (unpaired) electrons. The number of rotatable bonds is 2. The summed E-state index contributed by atoms with van der Waals surface area (Å²) in [6.07, 6.45) is 1.97. The van der Waals surface area contributed by atoms with Crippen molar-refractivity contribution in [2.45, 2.75) is 4.87 Å². The zero-order valence-corrected chi connectivity index (χ0v) is 10.2. The van der Waals surface area contributed by atoms with Gasteiger partial charge in [0.1, 0.15) is 16.4 Å². The van der Waals surface area contributed by atoms with Crippen molar-refractivity contribution in [3.05, 3.63) is 65.7 Å². The van der Waals surface area contributed by atoms with Gasteiger partial charge >= 0.3 is 0 Å². The van der Waals surface area contributed by atoms with E-state index in [1.165, 1.54) is 0 Å². The molecule has 0 aromatic heterocycles. The Morgan fingerprint density at radius 3 is 1.83 bits per heavy atom. The average Bonchev–Trinajstić information content (AvgIpc) is 3.04. The molecule has 2 aromatic carbocycles. The molecule has 2 N–H and O–H groups in total. The molecule has 0 saturated heterocycles. The zero-order valence-electron chi connectivity index (χ0n) is 9.47. The minimum Gasteiger partial charge on any atom is -0.508 e. The molecule has 1 aliphatic carbocycles. The first kappa shape index (κ1) is 11.2. The maximum Gasteiger partial charge on any atom is 0.115 e. The fraction of sp³-hybridized carbons (Fsp3) is 0.0667. The van der Waals surface area contributed by atoms with Crippen molar-refractivity contribution in [2.24, 2.45) is 0 Å². The van der Waals surface area contributed by atoms with Crippen LogP contribution in [0.2, 0.25) is 0 Å². The summed E-state index contributed by atoms with van der Waals surface area (Å²) < 4.78 is 0. The van der Waals surface area contributed by atoms with Crippen molar-refractivity contribution in [1.29, 1.82) is 0 Å². The highest BCUT2D eigenvalue weighted by atomic mass is 35.5. The van der Waals surface area contributed by atoms with Gasteiger partial charge in [-0.1, -0.05) is 24.3 Å². The minimum atomic E-state index is -0.579. The molecule has 1 atom stereocenters. The molecule has 2 nitrogen and oxygen atoms in total. The summed E-state index contributed by atoms with van der Waals surface area (Å²) in [5, 5.41) is 18.5. The standard InChI is InChI=1S/C15H11ClO2/c16-15(11-3-7-13(18)8-4-11)9-14(15)10-1-5-12(17)6-2-10/h1-9,17-18H. The molecule has 3 heteroatoms. The maximum atomic E-state index is 9.27. The fourth-order valence-corrected chi connectivity index (χ4v) is 2.38. The maximum absolute atomic E-state index is 9.27. The van der Waals surface area contributed by atoms with Gasteiger partial charge in [0.2, 0.25) is 0 Å². The van der Waals surface area contributed by atoms with Crippen LogP contribution in [0.25, 0.3) is 5.57 Å². The van der Waals surface area contributed by atoms with E-state index in [2.05, 4.69) is 0 Å². The second kappa shape index (κ2) is 3.79. The van der Waals surface area contributed by atoms with Crippen LogP contribution in [0.15, 0.2) is 54.6 Å². The van der Waals surface area contributed by atoms with Crippen LogP contribution in [0.1, 0.15) is 11.1 Å². The molecular formula is C15H11ClO2. The number of benzene rings is 2. The topological polar surface area (TPSA) is 40.5 Å². The minimum absolute atomic E-state index is 0.228. The third-order valence-corrected chi connectivity index (χ3v) is 3.65. The summed E-state index contributed by atoms with van der Waals surface area (Å²) in [5.41, 5.74) is 2.95. The number of halogens is 1. The molecule has 2 aromatic rings. The van der Waals surface area contributed by atoms with Crippen molar-refractivity contribution in [1.82, 2.24) is 0 Å². The lowest BCUT2D eigenvalue weighted by Gasteiger charge is -2.11. The zero-order chi connectivity index (χ0) is 12.8. The van der Waals surface area contributed by atoms with Crippen molar-refractivity contribution in [2.75, 3.05) is 0 Å². The number of alkyl halides is 1. The second-order valence-corrected chi connectivity index (χ2v) is 4.96. The van der Waals surface area contributed by atoms with E-state index in [-0.39, 0.29) is 11.5 Å². The van der Waals surface area contributed by atoms with Crippen LogP contribution in [0.3, 0.4) is 0 Å².